The summed E-state index contributed by atoms with van der Waals surface area (Å²) in [4.78, 5) is 47.3. The van der Waals surface area contributed by atoms with Crippen LogP contribution < -0.4 is 15.4 Å². The minimum absolute atomic E-state index is 0.0334. The van der Waals surface area contributed by atoms with Gasteiger partial charge in [-0.2, -0.15) is 22.0 Å². The second-order valence-corrected chi connectivity index (χ2v) is 12.7. The summed E-state index contributed by atoms with van der Waals surface area (Å²) >= 11 is 1.62. The average Bonchev–Trinajstić information content (AvgIpc) is 3.74. The number of ether oxygens (including phenoxy) is 1. The first kappa shape index (κ1) is 33.7. The number of fused-ring (bicyclic) bond motifs is 1. The Kier molecular flexibility index (Phi) is 11.3. The molecule has 0 radical (unpaired) electrons. The molecule has 0 bridgehead atoms. The molecule has 47 heavy (non-hydrogen) atoms. The Hall–Kier alpha value is -4.65. The molecule has 5 rings (SSSR count). The largest absolute Gasteiger partial charge is 0.494 e. The molecule has 4 aromatic rings. The van der Waals surface area contributed by atoms with Crippen molar-refractivity contribution in [3.63, 3.8) is 0 Å². The first-order valence-electron chi connectivity index (χ1n) is 15.8. The number of aromatic nitrogens is 5. The van der Waals surface area contributed by atoms with E-state index in [1.54, 1.807) is 45.5 Å². The van der Waals surface area contributed by atoms with Crippen molar-refractivity contribution in [1.29, 1.82) is 0 Å². The van der Waals surface area contributed by atoms with Crippen LogP contribution in [0.15, 0.2) is 67.0 Å². The maximum atomic E-state index is 14.0. The summed E-state index contributed by atoms with van der Waals surface area (Å²) in [6.45, 7) is 5.00. The van der Waals surface area contributed by atoms with Crippen molar-refractivity contribution in [3.8, 4) is 22.8 Å². The Bertz CT molecular complexity index is 1670. The highest BCUT2D eigenvalue weighted by Gasteiger charge is 2.30. The lowest BCUT2D eigenvalue weighted by Crippen LogP contribution is -2.49. The van der Waals surface area contributed by atoms with Crippen LogP contribution >= 0.6 is 11.8 Å². The predicted octanol–water partition coefficient (Wildman–Crippen LogP) is 4.13. The summed E-state index contributed by atoms with van der Waals surface area (Å²) in [7, 11) is 1.59. The number of rotatable bonds is 8. The number of methoxy groups -OCH3 is 1. The highest BCUT2D eigenvalue weighted by atomic mass is 32.2. The van der Waals surface area contributed by atoms with E-state index >= 15 is 0 Å². The van der Waals surface area contributed by atoms with Crippen LogP contribution in [-0.4, -0.2) is 85.4 Å². The van der Waals surface area contributed by atoms with Crippen LogP contribution in [0.1, 0.15) is 55.3 Å². The Morgan fingerprint density at radius 3 is 2.55 bits per heavy atom. The highest BCUT2D eigenvalue weighted by molar-refractivity contribution is 7.98. The van der Waals surface area contributed by atoms with Gasteiger partial charge in [0.2, 0.25) is 11.8 Å². The van der Waals surface area contributed by atoms with Gasteiger partial charge < -0.3 is 20.3 Å². The van der Waals surface area contributed by atoms with Crippen LogP contribution in [0, 0.1) is 5.92 Å². The molecular weight excluding hydrogens is 616 g/mol. The number of hydrogen-bond acceptors (Lipinski definition) is 8. The zero-order valence-electron chi connectivity index (χ0n) is 27.3. The number of nitrogens with zero attached hydrogens (tertiary/aromatic N) is 6. The van der Waals surface area contributed by atoms with Gasteiger partial charge in [-0.05, 0) is 42.9 Å². The van der Waals surface area contributed by atoms with Gasteiger partial charge in [0, 0.05) is 31.3 Å². The molecule has 0 saturated carbocycles. The molecule has 0 spiro atoms. The summed E-state index contributed by atoms with van der Waals surface area (Å²) in [5.41, 5.74) is 1.97. The Morgan fingerprint density at radius 2 is 1.81 bits per heavy atom. The van der Waals surface area contributed by atoms with Crippen LogP contribution in [0.5, 0.6) is 5.75 Å². The summed E-state index contributed by atoms with van der Waals surface area (Å²) < 4.78 is 8.90. The zero-order chi connectivity index (χ0) is 33.3. The minimum Gasteiger partial charge on any atom is -0.494 e. The molecule has 2 aromatic carbocycles. The van der Waals surface area contributed by atoms with Crippen molar-refractivity contribution in [1.82, 2.24) is 40.1 Å². The van der Waals surface area contributed by atoms with Gasteiger partial charge in [-0.3, -0.25) is 14.4 Å². The van der Waals surface area contributed by atoms with Gasteiger partial charge in [-0.15, -0.1) is 0 Å². The zero-order valence-corrected chi connectivity index (χ0v) is 28.1. The molecule has 12 nitrogen and oxygen atoms in total. The maximum absolute atomic E-state index is 14.0. The van der Waals surface area contributed by atoms with Crippen molar-refractivity contribution in [2.75, 3.05) is 32.2 Å². The molecule has 0 saturated heterocycles. The molecule has 0 fully saturated rings. The van der Waals surface area contributed by atoms with E-state index in [0.29, 0.717) is 66.9 Å². The molecule has 1 aliphatic rings. The van der Waals surface area contributed by atoms with Gasteiger partial charge in [0.25, 0.3) is 5.91 Å². The van der Waals surface area contributed by atoms with Crippen molar-refractivity contribution < 1.29 is 19.1 Å². The second kappa shape index (κ2) is 15.8. The van der Waals surface area contributed by atoms with Gasteiger partial charge in [0.15, 0.2) is 11.6 Å². The number of carbonyl (C=O) groups excluding carboxylic acids is 3. The molecule has 2 aromatic heterocycles. The fourth-order valence-electron chi connectivity index (χ4n) is 5.54. The van der Waals surface area contributed by atoms with Gasteiger partial charge in [0.05, 0.1) is 31.5 Å². The number of amides is 3. The molecule has 0 aliphatic carbocycles. The molecule has 1 aliphatic heterocycles. The standard InChI is InChI=1S/C34H42N8O4S/c1-23(2)30-32-38-31(24-11-6-5-7-12-24)39-41(32)19-18-40(17-10-15-29(43)36-26(16-20-47-4)33(44)37-30)34(45)25-21-35-42(22-25)27-13-8-9-14-28(27)46-3/h5-9,11-14,21-23,26,30H,10,15-20H2,1-4H3,(H,36,43)(H,37,44)/t26-,30+/m0/s1. The van der Waals surface area contributed by atoms with E-state index < -0.39 is 12.1 Å². The van der Waals surface area contributed by atoms with Crippen molar-refractivity contribution in [3.05, 3.63) is 78.4 Å². The van der Waals surface area contributed by atoms with E-state index in [2.05, 4.69) is 15.7 Å². The Morgan fingerprint density at radius 1 is 1.04 bits per heavy atom. The van der Waals surface area contributed by atoms with Gasteiger partial charge in [0.1, 0.15) is 17.5 Å². The normalized spacial score (nSPS) is 17.9. The molecule has 13 heteroatoms. The third kappa shape index (κ3) is 8.20. The van der Waals surface area contributed by atoms with Crippen LogP contribution in [-0.2, 0) is 16.1 Å². The van der Waals surface area contributed by atoms with Crippen LogP contribution in [0.3, 0.4) is 0 Å². The minimum atomic E-state index is -0.692. The summed E-state index contributed by atoms with van der Waals surface area (Å²) in [6, 6.07) is 16.0. The summed E-state index contributed by atoms with van der Waals surface area (Å²) in [5.74, 6) is 1.75. The topological polar surface area (TPSA) is 136 Å². The third-order valence-corrected chi connectivity index (χ3v) is 8.74. The Balaban J connectivity index is 1.49. The quantitative estimate of drug-likeness (QED) is 0.289. The lowest BCUT2D eigenvalue weighted by Gasteiger charge is -2.27. The summed E-state index contributed by atoms with van der Waals surface area (Å²) in [6.07, 6.45) is 6.29. The number of hydrogen-bond donors (Lipinski definition) is 2. The smallest absolute Gasteiger partial charge is 0.257 e. The average molecular weight is 659 g/mol. The highest BCUT2D eigenvalue weighted by Crippen LogP contribution is 2.25. The second-order valence-electron chi connectivity index (χ2n) is 11.8. The van der Waals surface area contributed by atoms with Gasteiger partial charge in [-0.1, -0.05) is 56.3 Å². The first-order chi connectivity index (χ1) is 22.8. The molecule has 3 amide bonds. The van der Waals surface area contributed by atoms with E-state index in [1.807, 2.05) is 74.7 Å². The van der Waals surface area contributed by atoms with Crippen LogP contribution in [0.2, 0.25) is 0 Å². The molecule has 0 unspecified atom stereocenters. The lowest BCUT2D eigenvalue weighted by molar-refractivity contribution is -0.129. The van der Waals surface area contributed by atoms with E-state index in [1.165, 1.54) is 0 Å². The fourth-order valence-corrected chi connectivity index (χ4v) is 6.01. The monoisotopic (exact) mass is 658 g/mol. The van der Waals surface area contributed by atoms with Gasteiger partial charge in [-0.25, -0.2) is 14.3 Å². The van der Waals surface area contributed by atoms with Crippen molar-refractivity contribution in [2.45, 2.75) is 51.7 Å². The maximum Gasteiger partial charge on any atom is 0.257 e. The summed E-state index contributed by atoms with van der Waals surface area (Å²) in [5, 5.41) is 15.4. The molecular formula is C34H42N8O4S. The number of para-hydroxylation sites is 2. The number of benzene rings is 2. The lowest BCUT2D eigenvalue weighted by atomic mass is 10.0. The molecule has 2 N–H and O–H groups in total. The van der Waals surface area contributed by atoms with Crippen LogP contribution in [0.4, 0.5) is 0 Å². The molecule has 3 heterocycles. The van der Waals surface area contributed by atoms with Crippen LogP contribution in [0.25, 0.3) is 17.1 Å². The van der Waals surface area contributed by atoms with Crippen molar-refractivity contribution >= 4 is 29.5 Å². The van der Waals surface area contributed by atoms with E-state index in [9.17, 15) is 14.4 Å². The van der Waals surface area contributed by atoms with E-state index in [0.717, 1.165) is 5.56 Å². The third-order valence-electron chi connectivity index (χ3n) is 8.10. The Labute approximate surface area is 279 Å². The SMILES string of the molecule is COc1ccccc1-n1cc(C(=O)N2CCCC(=O)N[C@@H](CCSC)C(=O)N[C@H](C(C)C)c3nc(-c4ccccc4)nn3CC2)cn1. The van der Waals surface area contributed by atoms with E-state index in [4.69, 9.17) is 14.8 Å². The predicted molar refractivity (Wildman–Crippen MR) is 181 cm³/mol. The van der Waals surface area contributed by atoms with Gasteiger partial charge >= 0.3 is 0 Å². The number of carbonyl (C=O) groups is 3. The number of nitrogens with one attached hydrogen (secondary N) is 2. The number of thioether (sulfide) groups is 1. The molecule has 2 atom stereocenters. The van der Waals surface area contributed by atoms with Crippen molar-refractivity contribution in [2.24, 2.45) is 5.92 Å². The fraction of sp³-hybridized carbons (Fsp3) is 0.412. The first-order valence-corrected chi connectivity index (χ1v) is 17.2. The van der Waals surface area contributed by atoms with E-state index in [-0.39, 0.29) is 30.1 Å². The molecule has 248 valence electrons.